The SMILES string of the molecule is COC(=O)C1=NO[C@]2(C=C(Br)C(OC)=C(Br)[C@@H]2O)C1. The normalized spacial score (nSPS) is 29.8. The molecule has 0 saturated carbocycles. The van der Waals surface area contributed by atoms with Gasteiger partial charge in [0.15, 0.2) is 11.3 Å². The molecule has 0 radical (unpaired) electrons. The Balaban J connectivity index is 2.31. The highest BCUT2D eigenvalue weighted by atomic mass is 79.9. The van der Waals surface area contributed by atoms with Crippen molar-refractivity contribution in [2.75, 3.05) is 14.2 Å². The number of carbonyl (C=O) groups is 1. The zero-order valence-electron chi connectivity index (χ0n) is 10.1. The van der Waals surface area contributed by atoms with E-state index in [9.17, 15) is 9.90 Å². The summed E-state index contributed by atoms with van der Waals surface area (Å²) in [6.07, 6.45) is 0.706. The lowest BCUT2D eigenvalue weighted by atomic mass is 9.87. The maximum absolute atomic E-state index is 11.4. The number of oxime groups is 1. The van der Waals surface area contributed by atoms with E-state index < -0.39 is 17.7 Å². The molecule has 2 atom stereocenters. The molecule has 19 heavy (non-hydrogen) atoms. The topological polar surface area (TPSA) is 77.4 Å². The third-order valence-corrected chi connectivity index (χ3v) is 4.29. The lowest BCUT2D eigenvalue weighted by Gasteiger charge is -2.33. The number of hydrogen-bond donors (Lipinski definition) is 1. The molecule has 1 aliphatic heterocycles. The molecule has 0 saturated heterocycles. The third kappa shape index (κ3) is 2.32. The Kier molecular flexibility index (Phi) is 4.03. The van der Waals surface area contributed by atoms with Gasteiger partial charge in [-0.2, -0.15) is 0 Å². The Morgan fingerprint density at radius 1 is 1.58 bits per heavy atom. The average Bonchev–Trinajstić information content (AvgIpc) is 2.81. The molecule has 1 heterocycles. The zero-order chi connectivity index (χ0) is 14.2. The Morgan fingerprint density at radius 3 is 2.84 bits per heavy atom. The molecule has 1 N–H and O–H groups in total. The van der Waals surface area contributed by atoms with Crippen molar-refractivity contribution in [2.24, 2.45) is 5.16 Å². The minimum atomic E-state index is -1.14. The van der Waals surface area contributed by atoms with Crippen molar-refractivity contribution in [1.29, 1.82) is 0 Å². The van der Waals surface area contributed by atoms with E-state index in [1.165, 1.54) is 14.2 Å². The monoisotopic (exact) mass is 395 g/mol. The largest absolute Gasteiger partial charge is 0.495 e. The summed E-state index contributed by atoms with van der Waals surface area (Å²) in [5, 5.41) is 14.0. The number of methoxy groups -OCH3 is 2. The van der Waals surface area contributed by atoms with Gasteiger partial charge < -0.3 is 19.4 Å². The summed E-state index contributed by atoms with van der Waals surface area (Å²) >= 11 is 6.60. The predicted octanol–water partition coefficient (Wildman–Crippen LogP) is 1.58. The van der Waals surface area contributed by atoms with Crippen LogP contribution < -0.4 is 0 Å². The number of allylic oxidation sites excluding steroid dienone is 1. The third-order valence-electron chi connectivity index (χ3n) is 2.90. The van der Waals surface area contributed by atoms with E-state index in [4.69, 9.17) is 9.57 Å². The molecular formula is C11H11Br2NO5. The number of aliphatic hydroxyl groups is 1. The van der Waals surface area contributed by atoms with Gasteiger partial charge in [-0.1, -0.05) is 5.16 Å². The van der Waals surface area contributed by atoms with Gasteiger partial charge in [0.05, 0.1) is 23.2 Å². The molecule has 0 bridgehead atoms. The van der Waals surface area contributed by atoms with Crippen LogP contribution in [0, 0.1) is 0 Å². The number of aliphatic hydroxyl groups excluding tert-OH is 1. The quantitative estimate of drug-likeness (QED) is 0.717. The first-order valence-electron chi connectivity index (χ1n) is 5.29. The maximum Gasteiger partial charge on any atom is 0.356 e. The van der Waals surface area contributed by atoms with Crippen LogP contribution in [0.2, 0.25) is 0 Å². The minimum absolute atomic E-state index is 0.113. The summed E-state index contributed by atoms with van der Waals surface area (Å²) < 4.78 is 10.8. The smallest absolute Gasteiger partial charge is 0.356 e. The molecule has 2 rings (SSSR count). The molecule has 2 aliphatic rings. The molecule has 6 nitrogen and oxygen atoms in total. The van der Waals surface area contributed by atoms with E-state index in [0.717, 1.165) is 0 Å². The van der Waals surface area contributed by atoms with Crippen LogP contribution in [-0.2, 0) is 19.1 Å². The van der Waals surface area contributed by atoms with E-state index in [2.05, 4.69) is 41.8 Å². The van der Waals surface area contributed by atoms with E-state index in [1.807, 2.05) is 0 Å². The van der Waals surface area contributed by atoms with E-state index in [1.54, 1.807) is 6.08 Å². The summed E-state index contributed by atoms with van der Waals surface area (Å²) in [6.45, 7) is 0. The van der Waals surface area contributed by atoms with E-state index >= 15 is 0 Å². The van der Waals surface area contributed by atoms with Crippen molar-refractivity contribution in [3.05, 3.63) is 20.8 Å². The number of halogens is 2. The molecule has 0 amide bonds. The van der Waals surface area contributed by atoms with Gasteiger partial charge in [-0.05, 0) is 37.9 Å². The van der Waals surface area contributed by atoms with E-state index in [0.29, 0.717) is 14.7 Å². The highest BCUT2D eigenvalue weighted by molar-refractivity contribution is 9.12. The first-order valence-corrected chi connectivity index (χ1v) is 6.87. The highest BCUT2D eigenvalue weighted by Crippen LogP contribution is 2.43. The lowest BCUT2D eigenvalue weighted by molar-refractivity contribution is -0.132. The van der Waals surface area contributed by atoms with Crippen molar-refractivity contribution < 1.29 is 24.2 Å². The van der Waals surface area contributed by atoms with Gasteiger partial charge in [0.25, 0.3) is 0 Å². The fraction of sp³-hybridized carbons (Fsp3) is 0.455. The molecule has 0 fully saturated rings. The van der Waals surface area contributed by atoms with Crippen LogP contribution >= 0.6 is 31.9 Å². The maximum atomic E-state index is 11.4. The Bertz CT molecular complexity index is 513. The summed E-state index contributed by atoms with van der Waals surface area (Å²) in [6, 6.07) is 0. The predicted molar refractivity (Wildman–Crippen MR) is 73.9 cm³/mol. The average molecular weight is 397 g/mol. The van der Waals surface area contributed by atoms with Gasteiger partial charge in [-0.25, -0.2) is 4.79 Å². The molecule has 8 heteroatoms. The van der Waals surface area contributed by atoms with Gasteiger partial charge in [-0.3, -0.25) is 0 Å². The number of rotatable bonds is 2. The number of carbonyl (C=O) groups excluding carboxylic acids is 1. The van der Waals surface area contributed by atoms with Crippen molar-refractivity contribution >= 4 is 43.5 Å². The number of ether oxygens (including phenoxy) is 2. The first kappa shape index (κ1) is 14.5. The molecule has 1 spiro atoms. The number of nitrogens with zero attached hydrogens (tertiary/aromatic N) is 1. The summed E-state index contributed by atoms with van der Waals surface area (Å²) in [5.74, 6) is -0.112. The molecule has 0 aromatic carbocycles. The minimum Gasteiger partial charge on any atom is -0.495 e. The van der Waals surface area contributed by atoms with Crippen molar-refractivity contribution in [3.8, 4) is 0 Å². The Labute approximate surface area is 126 Å². The van der Waals surface area contributed by atoms with Gasteiger partial charge >= 0.3 is 5.97 Å². The van der Waals surface area contributed by atoms with Gasteiger partial charge in [-0.15, -0.1) is 0 Å². The first-order chi connectivity index (χ1) is 8.95. The summed E-state index contributed by atoms with van der Waals surface area (Å²) in [7, 11) is 2.75. The second kappa shape index (κ2) is 5.26. The van der Waals surface area contributed by atoms with Gasteiger partial charge in [0.2, 0.25) is 0 Å². The molecule has 0 aromatic heterocycles. The molecule has 104 valence electrons. The van der Waals surface area contributed by atoms with Crippen LogP contribution in [-0.4, -0.2) is 42.7 Å². The van der Waals surface area contributed by atoms with Crippen LogP contribution in [0.15, 0.2) is 26.0 Å². The second-order valence-corrected chi connectivity index (χ2v) is 5.74. The van der Waals surface area contributed by atoms with Crippen molar-refractivity contribution in [2.45, 2.75) is 18.1 Å². The fourth-order valence-corrected chi connectivity index (χ4v) is 3.72. The van der Waals surface area contributed by atoms with Crippen LogP contribution in [0.25, 0.3) is 0 Å². The van der Waals surface area contributed by atoms with Gasteiger partial charge in [0, 0.05) is 6.42 Å². The highest BCUT2D eigenvalue weighted by Gasteiger charge is 2.50. The lowest BCUT2D eigenvalue weighted by Crippen LogP contribution is -2.44. The fourth-order valence-electron chi connectivity index (χ4n) is 1.92. The van der Waals surface area contributed by atoms with Crippen LogP contribution in [0.4, 0.5) is 0 Å². The van der Waals surface area contributed by atoms with Crippen molar-refractivity contribution in [1.82, 2.24) is 0 Å². The van der Waals surface area contributed by atoms with Gasteiger partial charge in [0.1, 0.15) is 11.9 Å². The summed E-state index contributed by atoms with van der Waals surface area (Å²) in [4.78, 5) is 16.7. The van der Waals surface area contributed by atoms with Crippen LogP contribution in [0.1, 0.15) is 6.42 Å². The Hall–Kier alpha value is -0.860. The molecule has 0 unspecified atom stereocenters. The standard InChI is InChI=1S/C11H11Br2NO5/c1-17-8-5(12)3-11(9(15)7(8)13)4-6(14-19-11)10(16)18-2/h3,9,15H,4H2,1-2H3/t9-,11+/m0/s1. The summed E-state index contributed by atoms with van der Waals surface area (Å²) in [5.41, 5.74) is -1.01. The Morgan fingerprint density at radius 2 is 2.26 bits per heavy atom. The van der Waals surface area contributed by atoms with Crippen molar-refractivity contribution in [3.63, 3.8) is 0 Å². The number of hydrogen-bond acceptors (Lipinski definition) is 6. The second-order valence-electron chi connectivity index (χ2n) is 4.03. The number of esters is 1. The molecule has 1 aliphatic carbocycles. The van der Waals surface area contributed by atoms with Crippen LogP contribution in [0.3, 0.4) is 0 Å². The molecular weight excluding hydrogens is 386 g/mol. The zero-order valence-corrected chi connectivity index (χ0v) is 13.3. The van der Waals surface area contributed by atoms with E-state index in [-0.39, 0.29) is 12.1 Å². The van der Waals surface area contributed by atoms with Crippen LogP contribution in [0.5, 0.6) is 0 Å². The molecule has 0 aromatic rings.